The Hall–Kier alpha value is -1.02. The molecule has 0 aliphatic heterocycles. The van der Waals surface area contributed by atoms with Crippen molar-refractivity contribution in [1.82, 2.24) is 0 Å². The molecule has 0 saturated heterocycles. The smallest absolute Gasteiger partial charge is 0.229 e. The molecule has 0 aromatic heterocycles. The first-order valence-electron chi connectivity index (χ1n) is 4.46. The second-order valence-corrected chi connectivity index (χ2v) is 4.65. The van der Waals surface area contributed by atoms with Crippen LogP contribution in [0.15, 0.2) is 24.3 Å². The van der Waals surface area contributed by atoms with Crippen molar-refractivity contribution in [2.45, 2.75) is 20.8 Å². The van der Waals surface area contributed by atoms with Gasteiger partial charge in [0.2, 0.25) is 5.91 Å². The van der Waals surface area contributed by atoms with E-state index in [-0.39, 0.29) is 11.3 Å². The van der Waals surface area contributed by atoms with Gasteiger partial charge in [0.25, 0.3) is 0 Å². The minimum absolute atomic E-state index is 0.0141. The molecule has 0 spiro atoms. The van der Waals surface area contributed by atoms with E-state index in [9.17, 15) is 4.79 Å². The van der Waals surface area contributed by atoms with Gasteiger partial charge in [-0.15, -0.1) is 0 Å². The monoisotopic (exact) mass is 211 g/mol. The Labute approximate surface area is 89.3 Å². The van der Waals surface area contributed by atoms with Crippen molar-refractivity contribution in [3.05, 3.63) is 29.3 Å². The lowest BCUT2D eigenvalue weighted by molar-refractivity contribution is -0.123. The molecule has 1 amide bonds. The highest BCUT2D eigenvalue weighted by Gasteiger charge is 2.20. The molecule has 76 valence electrons. The number of benzene rings is 1. The molecule has 0 bridgehead atoms. The molecule has 0 saturated carbocycles. The Bertz CT molecular complexity index is 341. The Morgan fingerprint density at radius 1 is 1.36 bits per heavy atom. The second kappa shape index (κ2) is 4.01. The van der Waals surface area contributed by atoms with E-state index in [4.69, 9.17) is 11.6 Å². The molecule has 0 aliphatic carbocycles. The molecule has 0 radical (unpaired) electrons. The van der Waals surface area contributed by atoms with Gasteiger partial charge in [-0.25, -0.2) is 0 Å². The fraction of sp³-hybridized carbons (Fsp3) is 0.364. The van der Waals surface area contributed by atoms with Crippen LogP contribution in [0.2, 0.25) is 5.02 Å². The van der Waals surface area contributed by atoms with Gasteiger partial charge in [0.05, 0.1) is 0 Å². The van der Waals surface area contributed by atoms with Crippen molar-refractivity contribution in [3.8, 4) is 0 Å². The number of hydrogen-bond acceptors (Lipinski definition) is 1. The number of hydrogen-bond donors (Lipinski definition) is 1. The average molecular weight is 212 g/mol. The lowest BCUT2D eigenvalue weighted by atomic mass is 9.95. The van der Waals surface area contributed by atoms with Crippen LogP contribution < -0.4 is 5.32 Å². The maximum absolute atomic E-state index is 11.6. The van der Waals surface area contributed by atoms with Gasteiger partial charge in [-0.1, -0.05) is 38.4 Å². The lowest BCUT2D eigenvalue weighted by Crippen LogP contribution is -2.27. The topological polar surface area (TPSA) is 29.1 Å². The van der Waals surface area contributed by atoms with Crippen molar-refractivity contribution >= 4 is 23.2 Å². The van der Waals surface area contributed by atoms with Gasteiger partial charge in [0.1, 0.15) is 0 Å². The number of carbonyl (C=O) groups is 1. The third-order valence-corrected chi connectivity index (χ3v) is 2.00. The first-order chi connectivity index (χ1) is 6.39. The number of amides is 1. The van der Waals surface area contributed by atoms with Crippen molar-refractivity contribution in [1.29, 1.82) is 0 Å². The van der Waals surface area contributed by atoms with Crippen LogP contribution in [-0.2, 0) is 4.79 Å². The van der Waals surface area contributed by atoms with Crippen LogP contribution in [0, 0.1) is 5.41 Å². The van der Waals surface area contributed by atoms with Crippen LogP contribution in [-0.4, -0.2) is 5.91 Å². The summed E-state index contributed by atoms with van der Waals surface area (Å²) < 4.78 is 0. The normalized spacial score (nSPS) is 11.1. The summed E-state index contributed by atoms with van der Waals surface area (Å²) in [6, 6.07) is 7.12. The fourth-order valence-electron chi connectivity index (χ4n) is 0.885. The molecule has 1 aromatic rings. The van der Waals surface area contributed by atoms with E-state index in [2.05, 4.69) is 5.32 Å². The molecule has 1 N–H and O–H groups in total. The van der Waals surface area contributed by atoms with Gasteiger partial charge in [0.15, 0.2) is 0 Å². The van der Waals surface area contributed by atoms with Crippen LogP contribution in [0.25, 0.3) is 0 Å². The molecule has 2 nitrogen and oxygen atoms in total. The van der Waals surface area contributed by atoms with E-state index in [0.717, 1.165) is 5.69 Å². The summed E-state index contributed by atoms with van der Waals surface area (Å²) >= 11 is 5.79. The van der Waals surface area contributed by atoms with Crippen molar-refractivity contribution < 1.29 is 4.79 Å². The summed E-state index contributed by atoms with van der Waals surface area (Å²) in [5.74, 6) is -0.0141. The summed E-state index contributed by atoms with van der Waals surface area (Å²) in [5.41, 5.74) is 0.347. The number of nitrogens with one attached hydrogen (secondary N) is 1. The highest BCUT2D eigenvalue weighted by Crippen LogP contribution is 2.19. The largest absolute Gasteiger partial charge is 0.326 e. The predicted octanol–water partition coefficient (Wildman–Crippen LogP) is 3.32. The molecule has 1 rings (SSSR count). The zero-order chi connectivity index (χ0) is 10.8. The fourth-order valence-corrected chi connectivity index (χ4v) is 1.08. The molecule has 0 unspecified atom stereocenters. The highest BCUT2D eigenvalue weighted by molar-refractivity contribution is 6.30. The van der Waals surface area contributed by atoms with Crippen molar-refractivity contribution in [3.63, 3.8) is 0 Å². The molecule has 0 aliphatic rings. The Morgan fingerprint density at radius 2 is 2.00 bits per heavy atom. The summed E-state index contributed by atoms with van der Waals surface area (Å²) in [4.78, 5) is 11.6. The highest BCUT2D eigenvalue weighted by atomic mass is 35.5. The molecular weight excluding hydrogens is 198 g/mol. The van der Waals surface area contributed by atoms with Crippen LogP contribution >= 0.6 is 11.6 Å². The summed E-state index contributed by atoms with van der Waals surface area (Å²) in [5, 5.41) is 3.42. The van der Waals surface area contributed by atoms with E-state index in [1.807, 2.05) is 26.8 Å². The Balaban J connectivity index is 2.75. The zero-order valence-corrected chi connectivity index (χ0v) is 9.35. The number of anilines is 1. The molecular formula is C11H14ClNO. The summed E-state index contributed by atoms with van der Waals surface area (Å²) in [6.45, 7) is 5.60. The first-order valence-corrected chi connectivity index (χ1v) is 4.84. The third kappa shape index (κ3) is 3.04. The van der Waals surface area contributed by atoms with Crippen molar-refractivity contribution in [2.75, 3.05) is 5.32 Å². The lowest BCUT2D eigenvalue weighted by Gasteiger charge is -2.17. The van der Waals surface area contributed by atoms with Gasteiger partial charge in [0, 0.05) is 16.1 Å². The molecule has 0 heterocycles. The minimum Gasteiger partial charge on any atom is -0.326 e. The Morgan fingerprint density at radius 3 is 2.50 bits per heavy atom. The van der Waals surface area contributed by atoms with E-state index < -0.39 is 0 Å². The first kappa shape index (κ1) is 11.1. The molecule has 1 aromatic carbocycles. The maximum Gasteiger partial charge on any atom is 0.229 e. The molecule has 3 heteroatoms. The van der Waals surface area contributed by atoms with E-state index >= 15 is 0 Å². The van der Waals surface area contributed by atoms with E-state index in [0.29, 0.717) is 5.02 Å². The van der Waals surface area contributed by atoms with Crippen LogP contribution in [0.3, 0.4) is 0 Å². The van der Waals surface area contributed by atoms with Crippen molar-refractivity contribution in [2.24, 2.45) is 5.41 Å². The molecule has 0 fully saturated rings. The van der Waals surface area contributed by atoms with Crippen LogP contribution in [0.5, 0.6) is 0 Å². The second-order valence-electron chi connectivity index (χ2n) is 4.21. The third-order valence-electron chi connectivity index (χ3n) is 1.76. The minimum atomic E-state index is -0.387. The quantitative estimate of drug-likeness (QED) is 0.759. The average Bonchev–Trinajstić information content (AvgIpc) is 2.02. The number of carbonyl (C=O) groups excluding carboxylic acids is 1. The zero-order valence-electron chi connectivity index (χ0n) is 8.60. The van der Waals surface area contributed by atoms with E-state index in [1.165, 1.54) is 0 Å². The van der Waals surface area contributed by atoms with Crippen LogP contribution in [0.1, 0.15) is 20.8 Å². The van der Waals surface area contributed by atoms with Gasteiger partial charge in [-0.05, 0) is 18.2 Å². The SMILES string of the molecule is CC(C)(C)C(=O)Nc1cccc(Cl)c1. The van der Waals surface area contributed by atoms with Gasteiger partial charge >= 0.3 is 0 Å². The number of halogens is 1. The number of rotatable bonds is 1. The standard InChI is InChI=1S/C11H14ClNO/c1-11(2,3)10(14)13-9-6-4-5-8(12)7-9/h4-7H,1-3H3,(H,13,14). The maximum atomic E-state index is 11.6. The summed E-state index contributed by atoms with van der Waals surface area (Å²) in [7, 11) is 0. The molecule has 0 atom stereocenters. The van der Waals surface area contributed by atoms with E-state index in [1.54, 1.807) is 18.2 Å². The van der Waals surface area contributed by atoms with Gasteiger partial charge in [-0.3, -0.25) is 4.79 Å². The predicted molar refractivity (Wildman–Crippen MR) is 59.5 cm³/mol. The van der Waals surface area contributed by atoms with Crippen LogP contribution in [0.4, 0.5) is 5.69 Å². The Kier molecular flexibility index (Phi) is 3.17. The summed E-state index contributed by atoms with van der Waals surface area (Å²) in [6.07, 6.45) is 0. The molecule has 14 heavy (non-hydrogen) atoms. The van der Waals surface area contributed by atoms with Gasteiger partial charge < -0.3 is 5.32 Å². The van der Waals surface area contributed by atoms with Gasteiger partial charge in [-0.2, -0.15) is 0 Å².